The maximum Gasteiger partial charge on any atom is 0.471 e. The number of nitrogens with zero attached hydrogens (tertiary/aromatic N) is 2. The summed E-state index contributed by atoms with van der Waals surface area (Å²) >= 11 is 6.11. The van der Waals surface area contributed by atoms with Crippen LogP contribution in [0.2, 0.25) is 5.02 Å². The zero-order valence-corrected chi connectivity index (χ0v) is 13.2. The van der Waals surface area contributed by atoms with Gasteiger partial charge in [0.2, 0.25) is 0 Å². The Morgan fingerprint density at radius 3 is 2.36 bits per heavy atom. The van der Waals surface area contributed by atoms with E-state index in [2.05, 4.69) is 5.10 Å². The molecule has 1 amide bonds. The van der Waals surface area contributed by atoms with Gasteiger partial charge in [0.05, 0.1) is 15.9 Å². The van der Waals surface area contributed by atoms with E-state index in [0.717, 1.165) is 5.56 Å². The summed E-state index contributed by atoms with van der Waals surface area (Å²) in [6, 6.07) is 3.40. The molecule has 0 bridgehead atoms. The second kappa shape index (κ2) is 5.15. The highest BCUT2D eigenvalue weighted by atomic mass is 35.5. The summed E-state index contributed by atoms with van der Waals surface area (Å²) in [5, 5.41) is 6.29. The molecule has 22 heavy (non-hydrogen) atoms. The molecule has 0 radical (unpaired) electrons. The van der Waals surface area contributed by atoms with Crippen molar-refractivity contribution in [1.82, 2.24) is 9.78 Å². The first kappa shape index (κ1) is 16.6. The summed E-state index contributed by atoms with van der Waals surface area (Å²) < 4.78 is 38.7. The van der Waals surface area contributed by atoms with Crippen molar-refractivity contribution in [3.63, 3.8) is 0 Å². The highest BCUT2D eigenvalue weighted by Gasteiger charge is 2.39. The van der Waals surface area contributed by atoms with Crippen molar-refractivity contribution in [2.45, 2.75) is 32.4 Å². The molecule has 2 rings (SSSR count). The normalized spacial score (nSPS) is 12.7. The van der Waals surface area contributed by atoms with Crippen LogP contribution in [0.4, 0.5) is 19.0 Å². The minimum atomic E-state index is -4.99. The number of benzene rings is 1. The first-order valence-electron chi connectivity index (χ1n) is 6.47. The molecule has 0 saturated carbocycles. The van der Waals surface area contributed by atoms with Crippen LogP contribution in [-0.4, -0.2) is 21.9 Å². The molecule has 0 unspecified atom stereocenters. The largest absolute Gasteiger partial charge is 0.471 e. The van der Waals surface area contributed by atoms with Crippen LogP contribution in [0.15, 0.2) is 12.1 Å². The van der Waals surface area contributed by atoms with Crippen molar-refractivity contribution in [2.24, 2.45) is 7.05 Å². The summed E-state index contributed by atoms with van der Waals surface area (Å²) in [6.07, 6.45) is -4.99. The predicted octanol–water partition coefficient (Wildman–Crippen LogP) is 4.03. The van der Waals surface area contributed by atoms with Crippen LogP contribution < -0.4 is 5.32 Å². The van der Waals surface area contributed by atoms with Gasteiger partial charge in [0.15, 0.2) is 5.82 Å². The van der Waals surface area contributed by atoms with Gasteiger partial charge < -0.3 is 5.32 Å². The molecule has 8 heteroatoms. The molecule has 0 aliphatic carbocycles. The van der Waals surface area contributed by atoms with Crippen molar-refractivity contribution < 1.29 is 18.0 Å². The molecule has 1 aromatic carbocycles. The zero-order valence-electron chi connectivity index (χ0n) is 12.5. The van der Waals surface area contributed by atoms with Gasteiger partial charge in [-0.3, -0.25) is 9.48 Å². The third-order valence-electron chi connectivity index (χ3n) is 3.23. The highest BCUT2D eigenvalue weighted by molar-refractivity contribution is 6.36. The van der Waals surface area contributed by atoms with E-state index in [1.165, 1.54) is 4.68 Å². The Bertz CT molecular complexity index is 744. The molecule has 0 aliphatic heterocycles. The van der Waals surface area contributed by atoms with E-state index in [1.54, 1.807) is 18.4 Å². The zero-order chi connectivity index (χ0) is 16.9. The molecule has 2 aromatic rings. The number of aromatic nitrogens is 2. The van der Waals surface area contributed by atoms with Crippen molar-refractivity contribution in [3.05, 3.63) is 22.7 Å². The van der Waals surface area contributed by atoms with Crippen molar-refractivity contribution in [3.8, 4) is 0 Å². The molecule has 1 aromatic heterocycles. The van der Waals surface area contributed by atoms with E-state index < -0.39 is 12.1 Å². The second-order valence-corrected chi connectivity index (χ2v) is 6.40. The minimum Gasteiger partial charge on any atom is -0.301 e. The third-order valence-corrected chi connectivity index (χ3v) is 3.55. The van der Waals surface area contributed by atoms with E-state index in [4.69, 9.17) is 11.6 Å². The number of rotatable bonds is 1. The summed E-state index contributed by atoms with van der Waals surface area (Å²) in [4.78, 5) is 11.2. The van der Waals surface area contributed by atoms with Crippen LogP contribution in [0, 0.1) is 0 Å². The van der Waals surface area contributed by atoms with E-state index in [-0.39, 0.29) is 16.3 Å². The molecule has 0 aliphatic rings. The van der Waals surface area contributed by atoms with Crippen LogP contribution in [0.25, 0.3) is 10.9 Å². The van der Waals surface area contributed by atoms with E-state index in [1.807, 2.05) is 26.8 Å². The van der Waals surface area contributed by atoms with Crippen LogP contribution in [0.3, 0.4) is 0 Å². The number of hydrogen-bond acceptors (Lipinski definition) is 2. The number of alkyl halides is 3. The fourth-order valence-electron chi connectivity index (χ4n) is 2.25. The summed E-state index contributed by atoms with van der Waals surface area (Å²) in [5.74, 6) is -2.28. The van der Waals surface area contributed by atoms with Crippen molar-refractivity contribution >= 4 is 34.2 Å². The van der Waals surface area contributed by atoms with Crippen LogP contribution in [0.5, 0.6) is 0 Å². The number of hydrogen-bond donors (Lipinski definition) is 1. The molecule has 1 N–H and O–H groups in total. The lowest BCUT2D eigenvalue weighted by Crippen LogP contribution is -2.30. The van der Waals surface area contributed by atoms with Crippen molar-refractivity contribution in [2.75, 3.05) is 5.32 Å². The highest BCUT2D eigenvalue weighted by Crippen LogP contribution is 2.37. The molecular weight excluding hydrogens is 319 g/mol. The van der Waals surface area contributed by atoms with Gasteiger partial charge in [0, 0.05) is 7.05 Å². The SMILES string of the molecule is Cn1nc(NC(=O)C(F)(F)F)c2c(Cl)ccc(C(C)(C)C)c21. The average Bonchev–Trinajstić information content (AvgIpc) is 2.65. The Hall–Kier alpha value is -1.76. The number of nitrogens with one attached hydrogen (secondary N) is 1. The molecular formula is C14H15ClF3N3O. The van der Waals surface area contributed by atoms with Gasteiger partial charge in [-0.25, -0.2) is 0 Å². The minimum absolute atomic E-state index is 0.198. The maximum atomic E-state index is 12.4. The summed E-state index contributed by atoms with van der Waals surface area (Å²) in [6.45, 7) is 5.91. The average molecular weight is 334 g/mol. The Morgan fingerprint density at radius 2 is 1.86 bits per heavy atom. The molecule has 4 nitrogen and oxygen atoms in total. The Labute approximate surface area is 130 Å². The lowest BCUT2D eigenvalue weighted by atomic mass is 9.85. The number of fused-ring (bicyclic) bond motifs is 1. The molecule has 0 atom stereocenters. The Balaban J connectivity index is 2.67. The standard InChI is InChI=1S/C14H15ClF3N3O/c1-13(2,3)7-5-6-8(15)9-10(7)21(4)20-11(9)19-12(22)14(16,17)18/h5-6H,1-4H3,(H,19,20,22). The summed E-state index contributed by atoms with van der Waals surface area (Å²) in [7, 11) is 1.59. The number of carbonyl (C=O) groups excluding carboxylic acids is 1. The first-order valence-corrected chi connectivity index (χ1v) is 6.84. The lowest BCUT2D eigenvalue weighted by molar-refractivity contribution is -0.167. The number of anilines is 1. The maximum absolute atomic E-state index is 12.4. The topological polar surface area (TPSA) is 46.9 Å². The van der Waals surface area contributed by atoms with Gasteiger partial charge >= 0.3 is 12.1 Å². The molecule has 120 valence electrons. The van der Waals surface area contributed by atoms with Gasteiger partial charge in [-0.15, -0.1) is 0 Å². The lowest BCUT2D eigenvalue weighted by Gasteiger charge is -2.20. The van der Waals surface area contributed by atoms with Gasteiger partial charge in [-0.1, -0.05) is 38.4 Å². The molecule has 0 spiro atoms. The second-order valence-electron chi connectivity index (χ2n) is 5.99. The number of carbonyl (C=O) groups is 1. The fraction of sp³-hybridized carbons (Fsp3) is 0.429. The van der Waals surface area contributed by atoms with Gasteiger partial charge in [-0.2, -0.15) is 18.3 Å². The van der Waals surface area contributed by atoms with E-state index in [0.29, 0.717) is 10.9 Å². The monoisotopic (exact) mass is 333 g/mol. The number of halogens is 4. The van der Waals surface area contributed by atoms with Gasteiger partial charge in [-0.05, 0) is 17.0 Å². The van der Waals surface area contributed by atoms with Crippen LogP contribution >= 0.6 is 11.6 Å². The third kappa shape index (κ3) is 2.90. The molecule has 0 fully saturated rings. The van der Waals surface area contributed by atoms with E-state index >= 15 is 0 Å². The van der Waals surface area contributed by atoms with E-state index in [9.17, 15) is 18.0 Å². The summed E-state index contributed by atoms with van der Waals surface area (Å²) in [5.41, 5.74) is 1.20. The van der Waals surface area contributed by atoms with Crippen LogP contribution in [0.1, 0.15) is 26.3 Å². The Morgan fingerprint density at radius 1 is 1.27 bits per heavy atom. The van der Waals surface area contributed by atoms with Gasteiger partial charge in [0.25, 0.3) is 0 Å². The predicted molar refractivity (Wildman–Crippen MR) is 79.1 cm³/mol. The van der Waals surface area contributed by atoms with Gasteiger partial charge in [0.1, 0.15) is 0 Å². The molecule has 0 saturated heterocycles. The Kier molecular flexibility index (Phi) is 3.89. The quantitative estimate of drug-likeness (QED) is 0.856. The smallest absolute Gasteiger partial charge is 0.301 e. The van der Waals surface area contributed by atoms with Crippen molar-refractivity contribution in [1.29, 1.82) is 0 Å². The fourth-order valence-corrected chi connectivity index (χ4v) is 2.49. The van der Waals surface area contributed by atoms with Crippen LogP contribution in [-0.2, 0) is 17.3 Å². The first-order chi connectivity index (χ1) is 9.93. The molecule has 1 heterocycles. The number of aryl methyl sites for hydroxylation is 1. The number of amides is 1.